The van der Waals surface area contributed by atoms with Crippen LogP contribution in [0.25, 0.3) is 5.69 Å². The Morgan fingerprint density at radius 3 is 2.78 bits per heavy atom. The number of hydrogen-bond donors (Lipinski definition) is 0. The average Bonchev–Trinajstić information content (AvgIpc) is 3.45. The molecule has 2 aliphatic rings. The predicted molar refractivity (Wildman–Crippen MR) is 108 cm³/mol. The van der Waals surface area contributed by atoms with Gasteiger partial charge in [-0.1, -0.05) is 17.7 Å². The third kappa shape index (κ3) is 2.81. The van der Waals surface area contributed by atoms with Gasteiger partial charge < -0.3 is 4.90 Å². The fraction of sp³-hybridized carbons (Fsp3) is 0.364. The van der Waals surface area contributed by atoms with Crippen molar-refractivity contribution in [1.29, 1.82) is 0 Å². The highest BCUT2D eigenvalue weighted by atomic mass is 32.1. The van der Waals surface area contributed by atoms with Gasteiger partial charge in [-0.05, 0) is 73.6 Å². The van der Waals surface area contributed by atoms with Crippen molar-refractivity contribution in [2.45, 2.75) is 45.1 Å². The van der Waals surface area contributed by atoms with Crippen LogP contribution in [0.1, 0.15) is 58.2 Å². The Bertz CT molecular complexity index is 972. The summed E-state index contributed by atoms with van der Waals surface area (Å²) in [7, 11) is 0. The molecule has 1 fully saturated rings. The summed E-state index contributed by atoms with van der Waals surface area (Å²) in [5.41, 5.74) is 6.60. The molecule has 1 aliphatic heterocycles. The molecule has 1 amide bonds. The van der Waals surface area contributed by atoms with Gasteiger partial charge in [-0.2, -0.15) is 16.4 Å². The van der Waals surface area contributed by atoms with E-state index in [0.717, 1.165) is 49.9 Å². The van der Waals surface area contributed by atoms with Gasteiger partial charge in [0.1, 0.15) is 0 Å². The summed E-state index contributed by atoms with van der Waals surface area (Å²) in [6.07, 6.45) is 5.17. The van der Waals surface area contributed by atoms with Crippen molar-refractivity contribution >= 4 is 17.2 Å². The quantitative estimate of drug-likeness (QED) is 0.663. The van der Waals surface area contributed by atoms with E-state index in [2.05, 4.69) is 48.0 Å². The van der Waals surface area contributed by atoms with Crippen molar-refractivity contribution in [1.82, 2.24) is 14.7 Å². The number of carbonyl (C=O) groups excluding carboxylic acids is 1. The second-order valence-corrected chi connectivity index (χ2v) is 8.37. The highest BCUT2D eigenvalue weighted by Gasteiger charge is 2.35. The maximum Gasteiger partial charge on any atom is 0.275 e. The fourth-order valence-electron chi connectivity index (χ4n) is 4.47. The van der Waals surface area contributed by atoms with Crippen molar-refractivity contribution in [3.63, 3.8) is 0 Å². The topological polar surface area (TPSA) is 38.1 Å². The van der Waals surface area contributed by atoms with Gasteiger partial charge >= 0.3 is 0 Å². The molecule has 3 heterocycles. The summed E-state index contributed by atoms with van der Waals surface area (Å²) in [5.74, 6) is 0.104. The number of hydrogen-bond acceptors (Lipinski definition) is 3. The fourth-order valence-corrected chi connectivity index (χ4v) is 5.17. The van der Waals surface area contributed by atoms with Gasteiger partial charge in [0.25, 0.3) is 5.91 Å². The highest BCUT2D eigenvalue weighted by molar-refractivity contribution is 7.08. The first-order valence-electron chi connectivity index (χ1n) is 9.73. The molecule has 4 nitrogen and oxygen atoms in total. The molecule has 1 aromatic carbocycles. The Balaban J connectivity index is 1.53. The number of fused-ring (bicyclic) bond motifs is 1. The van der Waals surface area contributed by atoms with Crippen LogP contribution in [0.15, 0.2) is 41.1 Å². The summed E-state index contributed by atoms with van der Waals surface area (Å²) in [6, 6.07) is 10.7. The van der Waals surface area contributed by atoms with Crippen LogP contribution in [0.3, 0.4) is 0 Å². The minimum atomic E-state index is 0.104. The Morgan fingerprint density at radius 1 is 1.15 bits per heavy atom. The minimum Gasteiger partial charge on any atom is -0.330 e. The van der Waals surface area contributed by atoms with E-state index in [1.165, 1.54) is 16.8 Å². The first-order valence-corrected chi connectivity index (χ1v) is 10.7. The van der Waals surface area contributed by atoms with Crippen molar-refractivity contribution in [2.75, 3.05) is 6.54 Å². The van der Waals surface area contributed by atoms with Crippen LogP contribution in [-0.2, 0) is 12.8 Å². The second-order valence-electron chi connectivity index (χ2n) is 7.59. The zero-order valence-corrected chi connectivity index (χ0v) is 16.3. The lowest BCUT2D eigenvalue weighted by molar-refractivity contribution is 0.0728. The summed E-state index contributed by atoms with van der Waals surface area (Å²) >= 11 is 1.70. The lowest BCUT2D eigenvalue weighted by atomic mass is 10.1. The average molecular weight is 378 g/mol. The van der Waals surface area contributed by atoms with Gasteiger partial charge in [0.15, 0.2) is 5.69 Å². The van der Waals surface area contributed by atoms with Crippen LogP contribution in [0.5, 0.6) is 0 Å². The molecule has 3 aromatic rings. The number of aryl methyl sites for hydroxylation is 1. The monoisotopic (exact) mass is 377 g/mol. The van der Waals surface area contributed by atoms with E-state index < -0.39 is 0 Å². The zero-order valence-electron chi connectivity index (χ0n) is 15.5. The van der Waals surface area contributed by atoms with Gasteiger partial charge in [-0.15, -0.1) is 0 Å². The number of nitrogens with zero attached hydrogens (tertiary/aromatic N) is 3. The SMILES string of the molecule is Cc1ccc(-n2nc(C(=O)N3CCCC3c3ccsc3)c3c2CCC3)cc1. The molecule has 0 N–H and O–H groups in total. The van der Waals surface area contributed by atoms with E-state index >= 15 is 0 Å². The number of likely N-dealkylation sites (tertiary alicyclic amines) is 1. The molecule has 5 rings (SSSR count). The minimum absolute atomic E-state index is 0.104. The normalized spacial score (nSPS) is 18.9. The van der Waals surface area contributed by atoms with Gasteiger partial charge in [0.05, 0.1) is 11.7 Å². The Labute approximate surface area is 163 Å². The molecule has 0 spiro atoms. The van der Waals surface area contributed by atoms with E-state index in [-0.39, 0.29) is 11.9 Å². The highest BCUT2D eigenvalue weighted by Crippen LogP contribution is 2.36. The van der Waals surface area contributed by atoms with E-state index in [0.29, 0.717) is 5.69 Å². The number of rotatable bonds is 3. The van der Waals surface area contributed by atoms with Gasteiger partial charge in [0.2, 0.25) is 0 Å². The molecule has 1 unspecified atom stereocenters. The van der Waals surface area contributed by atoms with Crippen LogP contribution >= 0.6 is 11.3 Å². The van der Waals surface area contributed by atoms with Crippen LogP contribution in [-0.4, -0.2) is 27.1 Å². The first kappa shape index (κ1) is 16.8. The second kappa shape index (κ2) is 6.64. The Morgan fingerprint density at radius 2 is 2.00 bits per heavy atom. The van der Waals surface area contributed by atoms with Gasteiger partial charge in [0, 0.05) is 17.8 Å². The van der Waals surface area contributed by atoms with Crippen LogP contribution in [0, 0.1) is 6.92 Å². The molecule has 27 heavy (non-hydrogen) atoms. The molecule has 2 aromatic heterocycles. The number of thiophene rings is 1. The first-order chi connectivity index (χ1) is 13.2. The van der Waals surface area contributed by atoms with Crippen molar-refractivity contribution in [3.05, 3.63) is 69.2 Å². The molecular weight excluding hydrogens is 354 g/mol. The molecule has 1 atom stereocenters. The van der Waals surface area contributed by atoms with Crippen molar-refractivity contribution in [2.24, 2.45) is 0 Å². The molecule has 0 radical (unpaired) electrons. The smallest absolute Gasteiger partial charge is 0.275 e. The Hall–Kier alpha value is -2.40. The molecule has 1 aliphatic carbocycles. The predicted octanol–water partition coefficient (Wildman–Crippen LogP) is 4.71. The summed E-state index contributed by atoms with van der Waals surface area (Å²) < 4.78 is 2.00. The molecular formula is C22H23N3OS. The van der Waals surface area contributed by atoms with E-state index in [1.54, 1.807) is 11.3 Å². The maximum atomic E-state index is 13.5. The molecule has 0 bridgehead atoms. The van der Waals surface area contributed by atoms with E-state index in [1.807, 2.05) is 9.58 Å². The molecule has 0 saturated carbocycles. The van der Waals surface area contributed by atoms with Gasteiger partial charge in [-0.25, -0.2) is 4.68 Å². The van der Waals surface area contributed by atoms with Crippen molar-refractivity contribution in [3.8, 4) is 5.69 Å². The number of aromatic nitrogens is 2. The molecule has 5 heteroatoms. The third-order valence-electron chi connectivity index (χ3n) is 5.85. The lowest BCUT2D eigenvalue weighted by Gasteiger charge is -2.23. The van der Waals surface area contributed by atoms with Crippen LogP contribution in [0.2, 0.25) is 0 Å². The zero-order chi connectivity index (χ0) is 18.4. The number of amides is 1. The lowest BCUT2D eigenvalue weighted by Crippen LogP contribution is -2.31. The van der Waals surface area contributed by atoms with E-state index in [4.69, 9.17) is 5.10 Å². The number of carbonyl (C=O) groups is 1. The van der Waals surface area contributed by atoms with Crippen LogP contribution in [0.4, 0.5) is 0 Å². The Kier molecular flexibility index (Phi) is 4.12. The van der Waals surface area contributed by atoms with Gasteiger partial charge in [-0.3, -0.25) is 4.79 Å². The molecule has 138 valence electrons. The van der Waals surface area contributed by atoms with Crippen LogP contribution < -0.4 is 0 Å². The maximum absolute atomic E-state index is 13.5. The standard InChI is InChI=1S/C22H23N3OS/c1-15-7-9-17(10-8-15)25-20-5-2-4-18(20)21(23-25)22(26)24-12-3-6-19(24)16-11-13-27-14-16/h7-11,13-14,19H,2-6,12H2,1H3. The molecule has 1 saturated heterocycles. The summed E-state index contributed by atoms with van der Waals surface area (Å²) in [4.78, 5) is 15.5. The number of benzene rings is 1. The third-order valence-corrected chi connectivity index (χ3v) is 6.55. The summed E-state index contributed by atoms with van der Waals surface area (Å²) in [6.45, 7) is 2.91. The van der Waals surface area contributed by atoms with E-state index in [9.17, 15) is 4.79 Å². The largest absolute Gasteiger partial charge is 0.330 e. The summed E-state index contributed by atoms with van der Waals surface area (Å²) in [5, 5.41) is 9.09. The van der Waals surface area contributed by atoms with Crippen molar-refractivity contribution < 1.29 is 4.79 Å².